The molecule has 39 heavy (non-hydrogen) atoms. The average Bonchev–Trinajstić information content (AvgIpc) is 3.60. The highest BCUT2D eigenvalue weighted by atomic mass is 16.3. The van der Waals surface area contributed by atoms with E-state index in [-0.39, 0.29) is 35.9 Å². The Morgan fingerprint density at radius 1 is 0.974 bits per heavy atom. The van der Waals surface area contributed by atoms with Gasteiger partial charge in [0.1, 0.15) is 0 Å². The number of aryl methyl sites for hydroxylation is 2. The van der Waals surface area contributed by atoms with Gasteiger partial charge in [-0.2, -0.15) is 0 Å². The fourth-order valence-corrected chi connectivity index (χ4v) is 2.29. The number of carbonyl (C=O) groups is 1. The van der Waals surface area contributed by atoms with E-state index >= 15 is 0 Å². The highest BCUT2D eigenvalue weighted by Crippen LogP contribution is 2.43. The van der Waals surface area contributed by atoms with Crippen LogP contribution in [0.4, 0.5) is 0 Å². The number of rotatable bonds is 5. The van der Waals surface area contributed by atoms with Crippen molar-refractivity contribution in [3.05, 3.63) is 82.7 Å². The molecule has 0 aromatic heterocycles. The van der Waals surface area contributed by atoms with Crippen LogP contribution in [0.3, 0.4) is 0 Å². The van der Waals surface area contributed by atoms with Gasteiger partial charge in [0.05, 0.1) is 18.4 Å². The quantitative estimate of drug-likeness (QED) is 0.203. The van der Waals surface area contributed by atoms with Gasteiger partial charge in [-0.05, 0) is 58.6 Å². The van der Waals surface area contributed by atoms with Gasteiger partial charge in [-0.1, -0.05) is 107 Å². The molecular formula is C33H58N2O4. The number of aliphatic hydroxyl groups is 3. The van der Waals surface area contributed by atoms with E-state index < -0.39 is 0 Å². The highest BCUT2D eigenvalue weighted by Gasteiger charge is 2.30. The Balaban J connectivity index is -0.000000420. The van der Waals surface area contributed by atoms with Gasteiger partial charge < -0.3 is 26.4 Å². The molecule has 1 atom stereocenters. The Hall–Kier alpha value is -2.67. The van der Waals surface area contributed by atoms with E-state index in [4.69, 9.17) is 21.1 Å². The second-order valence-electron chi connectivity index (χ2n) is 10.3. The number of aliphatic hydroxyl groups excluding tert-OH is 3. The molecule has 0 spiro atoms. The number of carbonyl (C=O) groups excluding carboxylic acids is 1. The number of nitrogens with two attached hydrogens (primary N) is 1. The first-order valence-electron chi connectivity index (χ1n) is 13.9. The van der Waals surface area contributed by atoms with Gasteiger partial charge in [0.15, 0.2) is 5.76 Å². The van der Waals surface area contributed by atoms with Gasteiger partial charge in [-0.15, -0.1) is 0 Å². The molecule has 0 aliphatic heterocycles. The molecule has 0 amide bonds. The molecule has 0 saturated heterocycles. The van der Waals surface area contributed by atoms with E-state index in [1.165, 1.54) is 30.9 Å². The third-order valence-electron chi connectivity index (χ3n) is 5.21. The van der Waals surface area contributed by atoms with Crippen LogP contribution in [0.5, 0.6) is 0 Å². The lowest BCUT2D eigenvalue weighted by molar-refractivity contribution is -0.120. The summed E-state index contributed by atoms with van der Waals surface area (Å²) in [7, 11) is 1.80. The maximum absolute atomic E-state index is 10.9. The molecular weight excluding hydrogens is 488 g/mol. The monoisotopic (exact) mass is 546 g/mol. The predicted molar refractivity (Wildman–Crippen MR) is 168 cm³/mol. The van der Waals surface area contributed by atoms with Gasteiger partial charge in [-0.3, -0.25) is 4.79 Å². The fourth-order valence-electron chi connectivity index (χ4n) is 2.29. The molecule has 0 radical (unpaired) electrons. The van der Waals surface area contributed by atoms with E-state index in [1.807, 2.05) is 63.2 Å². The summed E-state index contributed by atoms with van der Waals surface area (Å²) in [5.74, 6) is -0.812. The van der Waals surface area contributed by atoms with Crippen LogP contribution in [0.25, 0.3) is 0 Å². The Labute approximate surface area is 239 Å². The summed E-state index contributed by atoms with van der Waals surface area (Å²) in [6.07, 6.45) is 2.56. The molecule has 0 heterocycles. The summed E-state index contributed by atoms with van der Waals surface area (Å²) < 4.78 is 0. The third kappa shape index (κ3) is 26.7. The van der Waals surface area contributed by atoms with E-state index in [2.05, 4.69) is 38.2 Å². The molecule has 0 bridgehead atoms. The minimum atomic E-state index is -0.347. The maximum atomic E-state index is 10.9. The van der Waals surface area contributed by atoms with E-state index in [0.29, 0.717) is 6.54 Å². The van der Waals surface area contributed by atoms with E-state index in [0.717, 1.165) is 11.0 Å². The van der Waals surface area contributed by atoms with Crippen molar-refractivity contribution < 1.29 is 20.1 Å². The van der Waals surface area contributed by atoms with Crippen molar-refractivity contribution in [1.29, 1.82) is 0 Å². The lowest BCUT2D eigenvalue weighted by atomic mass is 10.1. The van der Waals surface area contributed by atoms with Crippen LogP contribution < -0.4 is 11.1 Å². The zero-order valence-corrected chi connectivity index (χ0v) is 26.5. The van der Waals surface area contributed by atoms with Gasteiger partial charge in [0.2, 0.25) is 5.78 Å². The summed E-state index contributed by atoms with van der Waals surface area (Å²) in [5.41, 5.74) is 9.61. The summed E-state index contributed by atoms with van der Waals surface area (Å²) in [6.45, 7) is 20.3. The number of ketones is 1. The molecule has 1 saturated carbocycles. The first kappa shape index (κ1) is 40.8. The smallest absolute Gasteiger partial charge is 0.201 e. The van der Waals surface area contributed by atoms with Gasteiger partial charge in [-0.25, -0.2) is 0 Å². The lowest BCUT2D eigenvalue weighted by Crippen LogP contribution is -2.14. The van der Waals surface area contributed by atoms with Crippen molar-refractivity contribution in [1.82, 2.24) is 5.32 Å². The van der Waals surface area contributed by atoms with Gasteiger partial charge in [0, 0.05) is 12.5 Å². The molecule has 2 aromatic carbocycles. The number of likely N-dealkylation sites (N-methyl/N-ethyl adjacent to an activating group) is 1. The maximum Gasteiger partial charge on any atom is 0.201 e. The van der Waals surface area contributed by atoms with Crippen LogP contribution >= 0.6 is 0 Å². The van der Waals surface area contributed by atoms with Crippen LogP contribution in [-0.2, 0) is 4.79 Å². The molecule has 1 unspecified atom stereocenters. The first-order chi connectivity index (χ1) is 18.2. The first-order valence-corrected chi connectivity index (χ1v) is 13.9. The molecule has 6 N–H and O–H groups in total. The van der Waals surface area contributed by atoms with E-state index in [1.54, 1.807) is 27.8 Å². The molecule has 6 heteroatoms. The molecule has 1 aliphatic rings. The number of allylic oxidation sites excluding steroid dienone is 2. The molecule has 1 fully saturated rings. The van der Waals surface area contributed by atoms with Crippen LogP contribution in [0.1, 0.15) is 91.0 Å². The van der Waals surface area contributed by atoms with Crippen molar-refractivity contribution >= 4 is 5.78 Å². The van der Waals surface area contributed by atoms with Crippen molar-refractivity contribution in [3.63, 3.8) is 0 Å². The lowest BCUT2D eigenvalue weighted by Gasteiger charge is -2.03. The molecule has 6 nitrogen and oxygen atoms in total. The standard InChI is InChI=1S/C9H12O.C7H13NO2.C7H8.C5H10.C3H9NO.C2H6/c1-7-4-3-5-9(6-7)8(2)10;1-4(2)6(9)7(10)5(3)8;1-7-5-3-2-4-6-7;1-5(2)3-4-5;1-4-2-3-5;1-2/h3-6,8,10H,1-2H3;4,10H,8H2,1-3H3;2-6H,1H3;3-4H2,1-2H3;4-5H,2-3H2,1H3;1-2H3/b;7-5-;;;;. The van der Waals surface area contributed by atoms with Crippen LogP contribution in [0.2, 0.25) is 0 Å². The van der Waals surface area contributed by atoms with Crippen molar-refractivity contribution in [3.8, 4) is 0 Å². The Morgan fingerprint density at radius 3 is 1.62 bits per heavy atom. The summed E-state index contributed by atoms with van der Waals surface area (Å²) in [6, 6.07) is 18.2. The zero-order valence-electron chi connectivity index (χ0n) is 26.5. The Kier molecular flexibility index (Phi) is 25.5. The second-order valence-corrected chi connectivity index (χ2v) is 10.3. The molecule has 1 aliphatic carbocycles. The predicted octanol–water partition coefficient (Wildman–Crippen LogP) is 7.03. The molecule has 2 aromatic rings. The summed E-state index contributed by atoms with van der Waals surface area (Å²) in [4.78, 5) is 10.9. The number of nitrogens with one attached hydrogen (secondary N) is 1. The second kappa shape index (κ2) is 24.4. The van der Waals surface area contributed by atoms with Gasteiger partial charge in [0.25, 0.3) is 0 Å². The minimum Gasteiger partial charge on any atom is -0.503 e. The van der Waals surface area contributed by atoms with Crippen molar-refractivity contribution in [2.24, 2.45) is 17.1 Å². The number of hydrogen-bond acceptors (Lipinski definition) is 6. The zero-order chi connectivity index (χ0) is 31.0. The highest BCUT2D eigenvalue weighted by molar-refractivity contribution is 5.94. The van der Waals surface area contributed by atoms with Crippen LogP contribution in [0, 0.1) is 25.2 Å². The number of benzene rings is 2. The summed E-state index contributed by atoms with van der Waals surface area (Å²) >= 11 is 0. The van der Waals surface area contributed by atoms with E-state index in [9.17, 15) is 4.79 Å². The molecule has 3 rings (SSSR count). The van der Waals surface area contributed by atoms with Crippen molar-refractivity contribution in [2.45, 2.75) is 88.2 Å². The largest absolute Gasteiger partial charge is 0.503 e. The third-order valence-corrected chi connectivity index (χ3v) is 5.21. The fraction of sp³-hybridized carbons (Fsp3) is 0.545. The average molecular weight is 547 g/mol. The Morgan fingerprint density at radius 2 is 1.44 bits per heavy atom. The Bertz CT molecular complexity index is 880. The normalized spacial score (nSPS) is 13.4. The SMILES string of the molecule is C/C(N)=C(/O)C(=O)C(C)C.CC.CC1(C)CC1.CNCCO.Cc1cccc(C(C)O)c1.Cc1ccccc1. The number of hydrogen-bond donors (Lipinski definition) is 5. The number of Topliss-reactive ketones (excluding diaryl/α,β-unsaturated/α-hetero) is 1. The summed E-state index contributed by atoms with van der Waals surface area (Å²) in [5, 5.41) is 28.9. The van der Waals surface area contributed by atoms with Gasteiger partial charge >= 0.3 is 0 Å². The topological polar surface area (TPSA) is 116 Å². The van der Waals surface area contributed by atoms with Crippen LogP contribution in [-0.4, -0.2) is 41.3 Å². The van der Waals surface area contributed by atoms with Crippen molar-refractivity contribution in [2.75, 3.05) is 20.2 Å². The molecule has 224 valence electrons. The minimum absolute atomic E-state index is 0.179. The van der Waals surface area contributed by atoms with Crippen LogP contribution in [0.15, 0.2) is 66.1 Å².